The van der Waals surface area contributed by atoms with Crippen LogP contribution in [0.15, 0.2) is 46.8 Å². The van der Waals surface area contributed by atoms with Crippen LogP contribution in [-0.2, 0) is 4.79 Å². The first-order chi connectivity index (χ1) is 13.4. The number of thioether (sulfide) groups is 1. The number of nitrogens with zero attached hydrogens (tertiary/aromatic N) is 3. The highest BCUT2D eigenvalue weighted by molar-refractivity contribution is 8.01. The second-order valence-electron chi connectivity index (χ2n) is 5.96. The minimum Gasteiger partial charge on any atom is -0.330 e. The van der Waals surface area contributed by atoms with Gasteiger partial charge in [-0.2, -0.15) is 0 Å². The average molecular weight is 416 g/mol. The van der Waals surface area contributed by atoms with Crippen molar-refractivity contribution < 1.29 is 9.72 Å². The number of anilines is 3. The van der Waals surface area contributed by atoms with Gasteiger partial charge in [-0.15, -0.1) is 10.2 Å². The number of nitrogens with one attached hydrogen (secondary N) is 2. The third-order valence-electron chi connectivity index (χ3n) is 3.72. The molecule has 2 N–H and O–H groups in total. The van der Waals surface area contributed by atoms with Gasteiger partial charge in [0.1, 0.15) is 0 Å². The van der Waals surface area contributed by atoms with E-state index in [1.165, 1.54) is 52.9 Å². The van der Waals surface area contributed by atoms with E-state index in [1.807, 2.05) is 26.0 Å². The summed E-state index contributed by atoms with van der Waals surface area (Å²) in [6, 6.07) is 11.8. The molecular weight excluding hydrogens is 398 g/mol. The van der Waals surface area contributed by atoms with Crippen molar-refractivity contribution >= 4 is 51.2 Å². The van der Waals surface area contributed by atoms with E-state index in [-0.39, 0.29) is 17.3 Å². The van der Waals surface area contributed by atoms with Crippen molar-refractivity contribution in [2.24, 2.45) is 0 Å². The second-order valence-corrected chi connectivity index (χ2v) is 8.16. The molecule has 2 aromatic carbocycles. The molecule has 144 valence electrons. The van der Waals surface area contributed by atoms with Crippen molar-refractivity contribution in [1.29, 1.82) is 0 Å². The van der Waals surface area contributed by atoms with E-state index in [0.29, 0.717) is 15.2 Å². The van der Waals surface area contributed by atoms with E-state index in [1.54, 1.807) is 0 Å². The van der Waals surface area contributed by atoms with E-state index in [4.69, 9.17) is 0 Å². The van der Waals surface area contributed by atoms with E-state index < -0.39 is 4.92 Å². The molecule has 1 amide bonds. The Morgan fingerprint density at radius 2 is 1.93 bits per heavy atom. The number of benzene rings is 2. The van der Waals surface area contributed by atoms with Crippen LogP contribution >= 0.6 is 23.1 Å². The molecule has 3 aromatic rings. The van der Waals surface area contributed by atoms with Crippen molar-refractivity contribution in [3.05, 3.63) is 63.7 Å². The Kier molecular flexibility index (Phi) is 6.22. The number of carbonyl (C=O) groups is 1. The Balaban J connectivity index is 1.52. The molecule has 0 spiro atoms. The maximum atomic E-state index is 12.1. The summed E-state index contributed by atoms with van der Waals surface area (Å²) in [6.45, 7) is 4.06. The summed E-state index contributed by atoms with van der Waals surface area (Å²) in [6.07, 6.45) is 0. The third-order valence-corrected chi connectivity index (χ3v) is 5.69. The molecule has 8 nitrogen and oxygen atoms in total. The number of carbonyl (C=O) groups excluding carboxylic acids is 1. The highest BCUT2D eigenvalue weighted by Gasteiger charge is 2.10. The summed E-state index contributed by atoms with van der Waals surface area (Å²) in [5, 5.41) is 25.4. The molecule has 0 aliphatic rings. The lowest BCUT2D eigenvalue weighted by Gasteiger charge is -2.06. The molecule has 0 unspecified atom stereocenters. The molecule has 1 heterocycles. The van der Waals surface area contributed by atoms with E-state index in [0.717, 1.165) is 11.3 Å². The van der Waals surface area contributed by atoms with E-state index in [2.05, 4.69) is 26.9 Å². The van der Waals surface area contributed by atoms with Gasteiger partial charge in [0.15, 0.2) is 4.34 Å². The van der Waals surface area contributed by atoms with Gasteiger partial charge in [0, 0.05) is 23.5 Å². The summed E-state index contributed by atoms with van der Waals surface area (Å²) in [4.78, 5) is 22.2. The summed E-state index contributed by atoms with van der Waals surface area (Å²) in [5.41, 5.74) is 3.76. The number of hydrogen-bond acceptors (Lipinski definition) is 8. The highest BCUT2D eigenvalue weighted by Crippen LogP contribution is 2.29. The monoisotopic (exact) mass is 415 g/mol. The summed E-state index contributed by atoms with van der Waals surface area (Å²) in [7, 11) is 0. The number of amides is 1. The van der Waals surface area contributed by atoms with Gasteiger partial charge in [-0.05, 0) is 37.6 Å². The maximum absolute atomic E-state index is 12.1. The second kappa shape index (κ2) is 8.81. The fraction of sp³-hybridized carbons (Fsp3) is 0.167. The fourth-order valence-corrected chi connectivity index (χ4v) is 3.94. The van der Waals surface area contributed by atoms with E-state index in [9.17, 15) is 14.9 Å². The molecule has 0 fully saturated rings. The average Bonchev–Trinajstić information content (AvgIpc) is 3.10. The normalized spacial score (nSPS) is 10.5. The summed E-state index contributed by atoms with van der Waals surface area (Å²) in [5.74, 6) is -0.0622. The van der Waals surface area contributed by atoms with Gasteiger partial charge in [-0.1, -0.05) is 40.8 Å². The first-order valence-corrected chi connectivity index (χ1v) is 10.1. The summed E-state index contributed by atoms with van der Waals surface area (Å²) >= 11 is 2.65. The quantitative estimate of drug-likeness (QED) is 0.331. The van der Waals surface area contributed by atoms with Crippen molar-refractivity contribution in [3.63, 3.8) is 0 Å². The van der Waals surface area contributed by atoms with Gasteiger partial charge in [0.25, 0.3) is 5.69 Å². The zero-order chi connectivity index (χ0) is 20.1. The van der Waals surface area contributed by atoms with Crippen LogP contribution < -0.4 is 10.6 Å². The molecule has 0 bridgehead atoms. The fourth-order valence-electron chi connectivity index (χ4n) is 2.38. The molecule has 0 atom stereocenters. The number of hydrogen-bond donors (Lipinski definition) is 2. The molecule has 0 radical (unpaired) electrons. The SMILES string of the molecule is Cc1ccc(Nc2nnc(SCC(=O)Nc3ccc([N+](=O)[O-])cc3)s2)c(C)c1. The van der Waals surface area contributed by atoms with Crippen molar-refractivity contribution in [3.8, 4) is 0 Å². The predicted molar refractivity (Wildman–Crippen MR) is 112 cm³/mol. The van der Waals surface area contributed by atoms with Gasteiger partial charge in [0.05, 0.1) is 10.7 Å². The molecule has 10 heteroatoms. The molecule has 0 saturated carbocycles. The van der Waals surface area contributed by atoms with Crippen molar-refractivity contribution in [2.75, 3.05) is 16.4 Å². The number of nitro benzene ring substituents is 1. The molecule has 1 aromatic heterocycles. The van der Waals surface area contributed by atoms with E-state index >= 15 is 0 Å². The van der Waals surface area contributed by atoms with Crippen LogP contribution in [0.3, 0.4) is 0 Å². The zero-order valence-electron chi connectivity index (χ0n) is 15.1. The third kappa shape index (κ3) is 5.27. The van der Waals surface area contributed by atoms with Crippen LogP contribution in [0.25, 0.3) is 0 Å². The van der Waals surface area contributed by atoms with Crippen LogP contribution in [0.5, 0.6) is 0 Å². The lowest BCUT2D eigenvalue weighted by molar-refractivity contribution is -0.384. The minimum absolute atomic E-state index is 0.0231. The molecule has 3 rings (SSSR count). The largest absolute Gasteiger partial charge is 0.330 e. The van der Waals surface area contributed by atoms with Gasteiger partial charge in [0.2, 0.25) is 11.0 Å². The Hall–Kier alpha value is -2.98. The number of aryl methyl sites for hydroxylation is 2. The molecule has 28 heavy (non-hydrogen) atoms. The van der Waals surface area contributed by atoms with Gasteiger partial charge in [-0.3, -0.25) is 14.9 Å². The zero-order valence-corrected chi connectivity index (χ0v) is 16.8. The first kappa shape index (κ1) is 19.8. The van der Waals surface area contributed by atoms with Crippen LogP contribution in [0.4, 0.5) is 22.2 Å². The van der Waals surface area contributed by atoms with Crippen LogP contribution in [0.1, 0.15) is 11.1 Å². The minimum atomic E-state index is -0.485. The number of aromatic nitrogens is 2. The van der Waals surface area contributed by atoms with Gasteiger partial charge >= 0.3 is 0 Å². The first-order valence-electron chi connectivity index (χ1n) is 8.25. The topological polar surface area (TPSA) is 110 Å². The smallest absolute Gasteiger partial charge is 0.269 e. The van der Waals surface area contributed by atoms with Gasteiger partial charge in [-0.25, -0.2) is 0 Å². The maximum Gasteiger partial charge on any atom is 0.269 e. The predicted octanol–water partition coefficient (Wildman–Crippen LogP) is 4.54. The van der Waals surface area contributed by atoms with Gasteiger partial charge < -0.3 is 10.6 Å². The van der Waals surface area contributed by atoms with Crippen molar-refractivity contribution in [1.82, 2.24) is 10.2 Å². The Labute approximate surface area is 169 Å². The molecule has 0 saturated heterocycles. The van der Waals surface area contributed by atoms with Crippen LogP contribution in [0.2, 0.25) is 0 Å². The molecule has 0 aliphatic carbocycles. The highest BCUT2D eigenvalue weighted by atomic mass is 32.2. The Bertz CT molecular complexity index is 1000. The van der Waals surface area contributed by atoms with Crippen LogP contribution in [-0.4, -0.2) is 26.8 Å². The molecule has 0 aliphatic heterocycles. The Morgan fingerprint density at radius 3 is 2.61 bits per heavy atom. The number of rotatable bonds is 7. The summed E-state index contributed by atoms with van der Waals surface area (Å²) < 4.78 is 0.672. The van der Waals surface area contributed by atoms with Crippen molar-refractivity contribution in [2.45, 2.75) is 18.2 Å². The number of nitro groups is 1. The molecular formula is C18H17N5O3S2. The van der Waals surface area contributed by atoms with Crippen LogP contribution in [0, 0.1) is 24.0 Å². The lowest BCUT2D eigenvalue weighted by atomic mass is 10.1. The Morgan fingerprint density at radius 1 is 1.18 bits per heavy atom. The standard InChI is InChI=1S/C18H17N5O3S2/c1-11-3-8-15(12(2)9-11)20-17-21-22-18(28-17)27-10-16(24)19-13-4-6-14(7-5-13)23(25)26/h3-9H,10H2,1-2H3,(H,19,24)(H,20,21). The lowest BCUT2D eigenvalue weighted by Crippen LogP contribution is -2.13. The number of non-ortho nitro benzene ring substituents is 1.